The highest BCUT2D eigenvalue weighted by Crippen LogP contribution is 2.39. The van der Waals surface area contributed by atoms with Crippen LogP contribution >= 0.6 is 11.6 Å². The van der Waals surface area contributed by atoms with Crippen LogP contribution in [0.25, 0.3) is 16.5 Å². The van der Waals surface area contributed by atoms with Gasteiger partial charge in [0.1, 0.15) is 0 Å². The second-order valence-corrected chi connectivity index (χ2v) is 10.5. The maximum absolute atomic E-state index is 13.8. The summed E-state index contributed by atoms with van der Waals surface area (Å²) in [5, 5.41) is 11.6. The van der Waals surface area contributed by atoms with Gasteiger partial charge in [0.2, 0.25) is 5.91 Å². The van der Waals surface area contributed by atoms with E-state index in [-0.39, 0.29) is 23.6 Å². The molecule has 2 heterocycles. The summed E-state index contributed by atoms with van der Waals surface area (Å²) in [5.74, 6) is -1.10. The van der Waals surface area contributed by atoms with Crippen LogP contribution in [0.3, 0.4) is 0 Å². The fourth-order valence-electron chi connectivity index (χ4n) is 5.83. The summed E-state index contributed by atoms with van der Waals surface area (Å²) >= 11 is 6.28. The molecule has 0 spiro atoms. The molecule has 1 N–H and O–H groups in total. The van der Waals surface area contributed by atoms with Crippen molar-refractivity contribution >= 4 is 34.2 Å². The fourth-order valence-corrected chi connectivity index (χ4v) is 6.02. The number of carbonyl (C=O) groups excluding carboxylic acids is 1. The van der Waals surface area contributed by atoms with Gasteiger partial charge in [0.05, 0.1) is 22.5 Å². The zero-order valence-corrected chi connectivity index (χ0v) is 22.7. The Labute approximate surface area is 231 Å². The Morgan fingerprint density at radius 3 is 2.21 bits per heavy atom. The van der Waals surface area contributed by atoms with Gasteiger partial charge in [-0.1, -0.05) is 66.2 Å². The number of benzene rings is 3. The lowest BCUT2D eigenvalue weighted by molar-refractivity contribution is -0.136. The standard InChI is InChI=1S/C31H30ClN3O4/c1-21(36)33(2)31(22-9-4-3-5-10-22)15-17-34(18-16-31)20-27-28(30(38)39)25-13-6-7-14-26(25)29(37)35(27)24-12-8-11-23(32)19-24/h3-14,19H,15-18,20H2,1-2H3,(H,38,39). The molecular weight excluding hydrogens is 514 g/mol. The Bertz CT molecular complexity index is 1610. The number of carbonyl (C=O) groups is 2. The molecule has 8 heteroatoms. The van der Waals surface area contributed by atoms with Crippen LogP contribution in [-0.2, 0) is 16.9 Å². The Kier molecular flexibility index (Phi) is 7.30. The molecule has 1 aromatic heterocycles. The first kappa shape index (κ1) is 26.7. The largest absolute Gasteiger partial charge is 0.478 e. The number of rotatable bonds is 6. The number of aromatic carboxylic acids is 1. The third-order valence-corrected chi connectivity index (χ3v) is 8.19. The van der Waals surface area contributed by atoms with Crippen LogP contribution < -0.4 is 5.56 Å². The van der Waals surface area contributed by atoms with Crippen LogP contribution in [0, 0.1) is 0 Å². The number of piperidine rings is 1. The quantitative estimate of drug-likeness (QED) is 0.356. The molecule has 5 rings (SSSR count). The first-order valence-corrected chi connectivity index (χ1v) is 13.3. The molecule has 1 aliphatic heterocycles. The van der Waals surface area contributed by atoms with Gasteiger partial charge in [0, 0.05) is 49.4 Å². The molecule has 0 radical (unpaired) electrons. The van der Waals surface area contributed by atoms with Gasteiger partial charge in [0.25, 0.3) is 5.56 Å². The minimum absolute atomic E-state index is 0.00945. The number of nitrogens with zero attached hydrogens (tertiary/aromatic N) is 3. The Morgan fingerprint density at radius 1 is 0.949 bits per heavy atom. The van der Waals surface area contributed by atoms with Gasteiger partial charge in [-0.05, 0) is 42.7 Å². The van der Waals surface area contributed by atoms with Crippen molar-refractivity contribution in [1.29, 1.82) is 0 Å². The van der Waals surface area contributed by atoms with Crippen molar-refractivity contribution in [2.75, 3.05) is 20.1 Å². The number of aromatic nitrogens is 1. The lowest BCUT2D eigenvalue weighted by atomic mass is 9.79. The summed E-state index contributed by atoms with van der Waals surface area (Å²) in [6.45, 7) is 3.06. The lowest BCUT2D eigenvalue weighted by Gasteiger charge is -2.47. The van der Waals surface area contributed by atoms with Gasteiger partial charge < -0.3 is 10.0 Å². The van der Waals surface area contributed by atoms with E-state index in [1.165, 1.54) is 4.57 Å². The van der Waals surface area contributed by atoms with Crippen molar-refractivity contribution in [3.8, 4) is 5.69 Å². The van der Waals surface area contributed by atoms with Crippen LogP contribution in [-0.4, -0.2) is 51.5 Å². The summed E-state index contributed by atoms with van der Waals surface area (Å²) < 4.78 is 1.48. The van der Waals surface area contributed by atoms with E-state index in [1.807, 2.05) is 30.1 Å². The summed E-state index contributed by atoms with van der Waals surface area (Å²) in [6, 6.07) is 23.7. The molecule has 4 aromatic rings. The average Bonchev–Trinajstić information content (AvgIpc) is 2.93. The zero-order chi connectivity index (χ0) is 27.7. The summed E-state index contributed by atoms with van der Waals surface area (Å²) in [5.41, 5.74) is 1.35. The number of pyridine rings is 1. The Hall–Kier alpha value is -3.94. The number of carboxylic acid groups (broad SMARTS) is 1. The molecule has 0 unspecified atom stereocenters. The van der Waals surface area contributed by atoms with E-state index in [0.717, 1.165) is 5.56 Å². The molecule has 3 aromatic carbocycles. The van der Waals surface area contributed by atoms with Gasteiger partial charge in [-0.25, -0.2) is 4.79 Å². The molecule has 7 nitrogen and oxygen atoms in total. The number of hydrogen-bond acceptors (Lipinski definition) is 4. The van der Waals surface area contributed by atoms with Crippen molar-refractivity contribution in [3.05, 3.63) is 111 Å². The first-order chi connectivity index (χ1) is 18.7. The van der Waals surface area contributed by atoms with Crippen molar-refractivity contribution in [1.82, 2.24) is 14.4 Å². The number of likely N-dealkylation sites (tertiary alicyclic amines) is 1. The second kappa shape index (κ2) is 10.7. The topological polar surface area (TPSA) is 82.9 Å². The molecule has 1 aliphatic rings. The van der Waals surface area contributed by atoms with Crippen LogP contribution in [0.2, 0.25) is 5.02 Å². The molecule has 39 heavy (non-hydrogen) atoms. The van der Waals surface area contributed by atoms with Crippen LogP contribution in [0.15, 0.2) is 83.7 Å². The summed E-state index contributed by atoms with van der Waals surface area (Å²) in [4.78, 5) is 43.0. The van der Waals surface area contributed by atoms with E-state index in [2.05, 4.69) is 17.0 Å². The van der Waals surface area contributed by atoms with Crippen molar-refractivity contribution in [3.63, 3.8) is 0 Å². The molecule has 1 saturated heterocycles. The highest BCUT2D eigenvalue weighted by Gasteiger charge is 2.41. The van der Waals surface area contributed by atoms with Crippen LogP contribution in [0.1, 0.15) is 41.4 Å². The number of halogens is 1. The number of carboxylic acids is 1. The van der Waals surface area contributed by atoms with Gasteiger partial charge in [-0.15, -0.1) is 0 Å². The summed E-state index contributed by atoms with van der Waals surface area (Å²) in [7, 11) is 1.84. The van der Waals surface area contributed by atoms with Crippen molar-refractivity contribution in [2.24, 2.45) is 0 Å². The average molecular weight is 544 g/mol. The minimum Gasteiger partial charge on any atom is -0.478 e. The van der Waals surface area contributed by atoms with Crippen LogP contribution in [0.5, 0.6) is 0 Å². The fraction of sp³-hybridized carbons (Fsp3) is 0.258. The lowest BCUT2D eigenvalue weighted by Crippen LogP contribution is -2.53. The zero-order valence-electron chi connectivity index (χ0n) is 21.9. The van der Waals surface area contributed by atoms with Gasteiger partial charge in [0.15, 0.2) is 0 Å². The highest BCUT2D eigenvalue weighted by molar-refractivity contribution is 6.30. The molecule has 0 aliphatic carbocycles. The molecule has 0 atom stereocenters. The SMILES string of the molecule is CC(=O)N(C)C1(c2ccccc2)CCN(Cc2c(C(=O)O)c3ccccc3c(=O)n2-c2cccc(Cl)c2)CC1. The Morgan fingerprint density at radius 2 is 1.59 bits per heavy atom. The summed E-state index contributed by atoms with van der Waals surface area (Å²) in [6.07, 6.45) is 1.34. The van der Waals surface area contributed by atoms with E-state index in [0.29, 0.717) is 53.1 Å². The van der Waals surface area contributed by atoms with E-state index < -0.39 is 11.5 Å². The number of fused-ring (bicyclic) bond motifs is 1. The van der Waals surface area contributed by atoms with E-state index >= 15 is 0 Å². The van der Waals surface area contributed by atoms with E-state index in [4.69, 9.17) is 11.6 Å². The molecule has 0 bridgehead atoms. The molecule has 1 fully saturated rings. The molecule has 1 amide bonds. The monoisotopic (exact) mass is 543 g/mol. The predicted molar refractivity (Wildman–Crippen MR) is 153 cm³/mol. The van der Waals surface area contributed by atoms with E-state index in [1.54, 1.807) is 55.5 Å². The molecule has 0 saturated carbocycles. The van der Waals surface area contributed by atoms with Crippen LogP contribution in [0.4, 0.5) is 0 Å². The normalized spacial score (nSPS) is 15.3. The van der Waals surface area contributed by atoms with Gasteiger partial charge >= 0.3 is 5.97 Å². The third kappa shape index (κ3) is 4.84. The van der Waals surface area contributed by atoms with Gasteiger partial charge in [-0.2, -0.15) is 0 Å². The predicted octanol–water partition coefficient (Wildman–Crippen LogP) is 5.31. The number of hydrogen-bond donors (Lipinski definition) is 1. The highest BCUT2D eigenvalue weighted by atomic mass is 35.5. The maximum Gasteiger partial charge on any atom is 0.338 e. The Balaban J connectivity index is 1.59. The van der Waals surface area contributed by atoms with Crippen molar-refractivity contribution < 1.29 is 14.7 Å². The first-order valence-electron chi connectivity index (χ1n) is 12.9. The van der Waals surface area contributed by atoms with Crippen molar-refractivity contribution in [2.45, 2.75) is 31.8 Å². The minimum atomic E-state index is -1.09. The third-order valence-electron chi connectivity index (χ3n) is 7.95. The van der Waals surface area contributed by atoms with E-state index in [9.17, 15) is 19.5 Å². The molecule has 200 valence electrons. The number of amides is 1. The second-order valence-electron chi connectivity index (χ2n) is 10.0. The maximum atomic E-state index is 13.8. The molecular formula is C31H30ClN3O4. The smallest absolute Gasteiger partial charge is 0.338 e. The van der Waals surface area contributed by atoms with Gasteiger partial charge in [-0.3, -0.25) is 19.1 Å².